The Morgan fingerprint density at radius 2 is 1.02 bits per heavy atom. The van der Waals surface area contributed by atoms with E-state index < -0.39 is 12.2 Å². The first-order valence-electron chi connectivity index (χ1n) is 15.8. The van der Waals surface area contributed by atoms with Crippen LogP contribution in [-0.2, 0) is 0 Å². The van der Waals surface area contributed by atoms with Crippen LogP contribution in [0.5, 0.6) is 46.0 Å². The first kappa shape index (κ1) is 30.8. The zero-order valence-electron chi connectivity index (χ0n) is 26.3. The molecule has 4 atom stereocenters. The third-order valence-corrected chi connectivity index (χ3v) is 9.11. The number of ether oxygens (including phenoxy) is 8. The third kappa shape index (κ3) is 6.57. The molecule has 2 aliphatic heterocycles. The van der Waals surface area contributed by atoms with Gasteiger partial charge in [0.15, 0.2) is 46.0 Å². The number of benzene rings is 4. The lowest BCUT2D eigenvalue weighted by molar-refractivity contribution is 0.106. The monoisotopic (exact) mass is 642 g/mol. The summed E-state index contributed by atoms with van der Waals surface area (Å²) in [6.45, 7) is 0.505. The van der Waals surface area contributed by atoms with Crippen molar-refractivity contribution in [3.8, 4) is 46.0 Å². The SMILES string of the molecule is COc1cc([C@@H]2CC[C@H](c3ccc(OCC(O)c4ccc5c(c4)OCO5)c(OC)c3)C2)ccc1OCC(O)c1ccc2c(c1)OCO2. The largest absolute Gasteiger partial charge is 0.493 e. The molecule has 4 aromatic rings. The Bertz CT molecular complexity index is 1600. The van der Waals surface area contributed by atoms with Crippen LogP contribution in [0.4, 0.5) is 0 Å². The van der Waals surface area contributed by atoms with Crippen LogP contribution in [0.2, 0.25) is 0 Å². The van der Waals surface area contributed by atoms with Crippen molar-refractivity contribution in [3.63, 3.8) is 0 Å². The lowest BCUT2D eigenvalue weighted by Gasteiger charge is -2.18. The maximum atomic E-state index is 10.7. The summed E-state index contributed by atoms with van der Waals surface area (Å²) in [6, 6.07) is 22.8. The van der Waals surface area contributed by atoms with Gasteiger partial charge in [0.1, 0.15) is 25.4 Å². The minimum Gasteiger partial charge on any atom is -0.493 e. The van der Waals surface area contributed by atoms with Crippen molar-refractivity contribution < 1.29 is 48.1 Å². The summed E-state index contributed by atoms with van der Waals surface area (Å²) in [5.74, 6) is 5.73. The van der Waals surface area contributed by atoms with E-state index in [2.05, 4.69) is 12.1 Å². The summed E-state index contributed by atoms with van der Waals surface area (Å²) in [4.78, 5) is 0. The standard InChI is InChI=1S/C37H38O10/c1-40-34-14-24(5-9-30(34)42-18-28(38)26-7-11-32-36(16-26)46-20-44-32)22-3-4-23(13-22)25-6-10-31(35(15-25)41-2)43-19-29(39)27-8-12-33-37(17-27)47-21-45-33/h5-12,14-17,22-23,28-29,38-39H,3-4,13,18-21H2,1-2H3/t22-,23+,28?,29?. The molecule has 0 aromatic heterocycles. The Morgan fingerprint density at radius 1 is 0.574 bits per heavy atom. The molecule has 4 aromatic carbocycles. The zero-order valence-corrected chi connectivity index (χ0v) is 26.3. The number of hydrogen-bond donors (Lipinski definition) is 2. The topological polar surface area (TPSA) is 114 Å². The van der Waals surface area contributed by atoms with Gasteiger partial charge in [-0.15, -0.1) is 0 Å². The fourth-order valence-corrected chi connectivity index (χ4v) is 6.47. The maximum absolute atomic E-state index is 10.7. The van der Waals surface area contributed by atoms with Crippen LogP contribution < -0.4 is 37.9 Å². The smallest absolute Gasteiger partial charge is 0.231 e. The van der Waals surface area contributed by atoms with E-state index >= 15 is 0 Å². The molecule has 2 N–H and O–H groups in total. The van der Waals surface area contributed by atoms with Gasteiger partial charge in [0, 0.05) is 0 Å². The number of methoxy groups -OCH3 is 2. The van der Waals surface area contributed by atoms with Crippen molar-refractivity contribution in [3.05, 3.63) is 95.1 Å². The van der Waals surface area contributed by atoms with E-state index in [0.29, 0.717) is 69.0 Å². The molecule has 1 aliphatic carbocycles. The second kappa shape index (κ2) is 13.5. The fourth-order valence-electron chi connectivity index (χ4n) is 6.47. The van der Waals surface area contributed by atoms with Gasteiger partial charge in [-0.1, -0.05) is 24.3 Å². The predicted molar refractivity (Wildman–Crippen MR) is 171 cm³/mol. The molecular formula is C37H38O10. The second-order valence-electron chi connectivity index (χ2n) is 11.9. The highest BCUT2D eigenvalue weighted by Gasteiger charge is 2.29. The van der Waals surface area contributed by atoms with E-state index in [0.717, 1.165) is 19.3 Å². The van der Waals surface area contributed by atoms with Crippen LogP contribution in [0.25, 0.3) is 0 Å². The minimum absolute atomic E-state index is 0.0692. The molecule has 1 fully saturated rings. The van der Waals surface area contributed by atoms with Crippen molar-refractivity contribution in [1.82, 2.24) is 0 Å². The lowest BCUT2D eigenvalue weighted by atomic mass is 9.92. The molecule has 10 heteroatoms. The van der Waals surface area contributed by atoms with Crippen molar-refractivity contribution >= 4 is 0 Å². The van der Waals surface area contributed by atoms with Gasteiger partial charge >= 0.3 is 0 Å². The summed E-state index contributed by atoms with van der Waals surface area (Å²) in [7, 11) is 3.25. The quantitative estimate of drug-likeness (QED) is 0.179. The van der Waals surface area contributed by atoms with Gasteiger partial charge in [0.25, 0.3) is 0 Å². The molecule has 246 valence electrons. The van der Waals surface area contributed by atoms with Gasteiger partial charge in [-0.25, -0.2) is 0 Å². The summed E-state index contributed by atoms with van der Waals surface area (Å²) >= 11 is 0. The molecule has 0 radical (unpaired) electrons. The average Bonchev–Trinajstić information content (AvgIpc) is 3.90. The summed E-state index contributed by atoms with van der Waals surface area (Å²) < 4.78 is 44.9. The molecule has 2 heterocycles. The van der Waals surface area contributed by atoms with Crippen molar-refractivity contribution in [2.24, 2.45) is 0 Å². The molecule has 0 saturated heterocycles. The van der Waals surface area contributed by atoms with Crippen molar-refractivity contribution in [2.75, 3.05) is 41.0 Å². The Morgan fingerprint density at radius 3 is 1.47 bits per heavy atom. The molecule has 0 bridgehead atoms. The second-order valence-corrected chi connectivity index (χ2v) is 11.9. The highest BCUT2D eigenvalue weighted by atomic mass is 16.7. The number of aliphatic hydroxyl groups is 2. The molecule has 10 nitrogen and oxygen atoms in total. The van der Waals surface area contributed by atoms with Gasteiger partial charge in [0.2, 0.25) is 13.6 Å². The van der Waals surface area contributed by atoms with Crippen LogP contribution in [0.15, 0.2) is 72.8 Å². The minimum atomic E-state index is -0.835. The van der Waals surface area contributed by atoms with Crippen LogP contribution in [0.3, 0.4) is 0 Å². The number of fused-ring (bicyclic) bond motifs is 2. The molecule has 0 spiro atoms. The van der Waals surface area contributed by atoms with E-state index in [1.807, 2.05) is 36.4 Å². The Balaban J connectivity index is 0.956. The van der Waals surface area contributed by atoms with Crippen LogP contribution >= 0.6 is 0 Å². The van der Waals surface area contributed by atoms with E-state index in [9.17, 15) is 10.2 Å². The van der Waals surface area contributed by atoms with E-state index in [4.69, 9.17) is 37.9 Å². The summed E-state index contributed by atoms with van der Waals surface area (Å²) in [6.07, 6.45) is 1.40. The Kier molecular flexibility index (Phi) is 8.86. The van der Waals surface area contributed by atoms with Crippen molar-refractivity contribution in [2.45, 2.75) is 43.3 Å². The molecule has 47 heavy (non-hydrogen) atoms. The molecule has 0 amide bonds. The molecule has 3 aliphatic rings. The summed E-state index contributed by atoms with van der Waals surface area (Å²) in [5.41, 5.74) is 3.77. The predicted octanol–water partition coefficient (Wildman–Crippen LogP) is 6.44. The highest BCUT2D eigenvalue weighted by molar-refractivity contribution is 5.48. The van der Waals surface area contributed by atoms with Gasteiger partial charge in [-0.3, -0.25) is 0 Å². The van der Waals surface area contributed by atoms with E-state index in [1.54, 1.807) is 38.5 Å². The summed E-state index contributed by atoms with van der Waals surface area (Å²) in [5, 5.41) is 21.5. The van der Waals surface area contributed by atoms with Gasteiger partial charge in [-0.05, 0) is 102 Å². The van der Waals surface area contributed by atoms with Crippen LogP contribution in [-0.4, -0.2) is 51.2 Å². The molecule has 2 unspecified atom stereocenters. The van der Waals surface area contributed by atoms with Crippen LogP contribution in [0, 0.1) is 0 Å². The van der Waals surface area contributed by atoms with E-state index in [-0.39, 0.29) is 26.8 Å². The van der Waals surface area contributed by atoms with E-state index in [1.165, 1.54) is 11.1 Å². The first-order valence-corrected chi connectivity index (χ1v) is 15.8. The Labute approximate surface area is 273 Å². The lowest BCUT2D eigenvalue weighted by Crippen LogP contribution is -2.10. The number of rotatable bonds is 12. The normalized spacial score (nSPS) is 18.9. The third-order valence-electron chi connectivity index (χ3n) is 9.11. The molecule has 7 rings (SSSR count). The zero-order chi connectivity index (χ0) is 32.3. The fraction of sp³-hybridized carbons (Fsp3) is 0.351. The average molecular weight is 643 g/mol. The Hall–Kier alpha value is -4.80. The maximum Gasteiger partial charge on any atom is 0.231 e. The van der Waals surface area contributed by atoms with Gasteiger partial charge in [0.05, 0.1) is 14.2 Å². The molecule has 1 saturated carbocycles. The number of hydrogen-bond acceptors (Lipinski definition) is 10. The molecular weight excluding hydrogens is 604 g/mol. The highest BCUT2D eigenvalue weighted by Crippen LogP contribution is 2.47. The van der Waals surface area contributed by atoms with Crippen LogP contribution in [0.1, 0.15) is 65.6 Å². The van der Waals surface area contributed by atoms with Gasteiger partial charge < -0.3 is 48.1 Å². The number of aliphatic hydroxyl groups excluding tert-OH is 2. The van der Waals surface area contributed by atoms with Crippen molar-refractivity contribution in [1.29, 1.82) is 0 Å². The first-order chi connectivity index (χ1) is 23.0. The van der Waals surface area contributed by atoms with Gasteiger partial charge in [-0.2, -0.15) is 0 Å².